The summed E-state index contributed by atoms with van der Waals surface area (Å²) in [6.07, 6.45) is 1.74. The van der Waals surface area contributed by atoms with Crippen molar-refractivity contribution in [2.45, 2.75) is 6.92 Å². The van der Waals surface area contributed by atoms with Gasteiger partial charge in [-0.3, -0.25) is 14.9 Å². The smallest absolute Gasteiger partial charge is 0.313 e. The Morgan fingerprint density at radius 1 is 1.14 bits per heavy atom. The van der Waals surface area contributed by atoms with Crippen LogP contribution in [0.1, 0.15) is 11.1 Å². The van der Waals surface area contributed by atoms with Crippen LogP contribution >= 0.6 is 11.8 Å². The number of benzene rings is 2. The van der Waals surface area contributed by atoms with Crippen LogP contribution in [0.2, 0.25) is 0 Å². The van der Waals surface area contributed by atoms with E-state index in [1.807, 2.05) is 25.1 Å². The van der Waals surface area contributed by atoms with Gasteiger partial charge in [-0.05, 0) is 54.1 Å². The number of hydrogen-bond acceptors (Lipinski definition) is 7. The SMILES string of the molecule is COc1cc(/C=C2\SC(=Nc3ccc(OC)c([N+](=O)[O-])c3)NC2=O)ccc1C. The molecule has 0 aromatic heterocycles. The Kier molecular flexibility index (Phi) is 5.65. The first-order chi connectivity index (χ1) is 13.4. The Morgan fingerprint density at radius 2 is 1.89 bits per heavy atom. The second kappa shape index (κ2) is 8.13. The summed E-state index contributed by atoms with van der Waals surface area (Å²) in [6.45, 7) is 1.94. The van der Waals surface area contributed by atoms with Gasteiger partial charge in [0.15, 0.2) is 10.9 Å². The standard InChI is InChI=1S/C19H17N3O5S/c1-11-4-5-12(8-16(11)27-3)9-17-18(23)21-19(28-17)20-13-6-7-15(26-2)14(10-13)22(24)25/h4-10H,1-3H3,(H,20,21,23)/b17-9-. The molecule has 9 heteroatoms. The van der Waals surface area contributed by atoms with E-state index in [1.54, 1.807) is 19.3 Å². The summed E-state index contributed by atoms with van der Waals surface area (Å²) in [6, 6.07) is 9.99. The summed E-state index contributed by atoms with van der Waals surface area (Å²) in [7, 11) is 2.95. The lowest BCUT2D eigenvalue weighted by atomic mass is 10.1. The van der Waals surface area contributed by atoms with Crippen molar-refractivity contribution in [1.29, 1.82) is 0 Å². The van der Waals surface area contributed by atoms with Crippen molar-refractivity contribution in [3.63, 3.8) is 0 Å². The fraction of sp³-hybridized carbons (Fsp3) is 0.158. The number of nitrogens with zero attached hydrogens (tertiary/aromatic N) is 2. The van der Waals surface area contributed by atoms with Crippen molar-refractivity contribution >= 4 is 40.3 Å². The van der Waals surface area contributed by atoms with Crippen LogP contribution in [0.5, 0.6) is 11.5 Å². The number of carbonyl (C=O) groups is 1. The van der Waals surface area contributed by atoms with Crippen molar-refractivity contribution in [3.8, 4) is 11.5 Å². The Hall–Kier alpha value is -3.33. The number of methoxy groups -OCH3 is 2. The van der Waals surface area contributed by atoms with E-state index in [1.165, 1.54) is 19.2 Å². The maximum atomic E-state index is 12.2. The van der Waals surface area contributed by atoms with Crippen LogP contribution in [0.15, 0.2) is 46.3 Å². The van der Waals surface area contributed by atoms with Gasteiger partial charge in [0.2, 0.25) is 0 Å². The maximum Gasteiger partial charge on any atom is 0.313 e. The van der Waals surface area contributed by atoms with Crippen LogP contribution in [0.25, 0.3) is 6.08 Å². The predicted octanol–water partition coefficient (Wildman–Crippen LogP) is 3.81. The van der Waals surface area contributed by atoms with E-state index in [0.29, 0.717) is 15.8 Å². The molecule has 2 aromatic rings. The van der Waals surface area contributed by atoms with Gasteiger partial charge in [-0.1, -0.05) is 12.1 Å². The van der Waals surface area contributed by atoms with Gasteiger partial charge in [0.1, 0.15) is 5.75 Å². The number of rotatable bonds is 5. The average molecular weight is 399 g/mol. The highest BCUT2D eigenvalue weighted by Gasteiger charge is 2.24. The molecule has 1 heterocycles. The number of nitrogens with one attached hydrogen (secondary N) is 1. The van der Waals surface area contributed by atoms with Gasteiger partial charge < -0.3 is 14.8 Å². The normalized spacial score (nSPS) is 16.3. The third-order valence-electron chi connectivity index (χ3n) is 3.97. The number of amidine groups is 1. The lowest BCUT2D eigenvalue weighted by Gasteiger charge is -2.05. The highest BCUT2D eigenvalue weighted by molar-refractivity contribution is 8.18. The van der Waals surface area contributed by atoms with Gasteiger partial charge in [0.25, 0.3) is 5.91 Å². The van der Waals surface area contributed by atoms with Crippen LogP contribution in [0, 0.1) is 17.0 Å². The number of nitro benzene ring substituents is 1. The van der Waals surface area contributed by atoms with Crippen molar-refractivity contribution in [2.75, 3.05) is 14.2 Å². The number of hydrogen-bond donors (Lipinski definition) is 1. The van der Waals surface area contributed by atoms with Gasteiger partial charge in [-0.15, -0.1) is 0 Å². The van der Waals surface area contributed by atoms with Crippen LogP contribution in [0.4, 0.5) is 11.4 Å². The summed E-state index contributed by atoms with van der Waals surface area (Å²) < 4.78 is 10.3. The number of ether oxygens (including phenoxy) is 2. The quantitative estimate of drug-likeness (QED) is 0.466. The Labute approximate surface area is 165 Å². The summed E-state index contributed by atoms with van der Waals surface area (Å²) in [5.74, 6) is 0.592. The molecular weight excluding hydrogens is 382 g/mol. The van der Waals surface area contributed by atoms with Crippen molar-refractivity contribution in [3.05, 3.63) is 62.5 Å². The topological polar surface area (TPSA) is 103 Å². The number of aryl methyl sites for hydroxylation is 1. The van der Waals surface area contributed by atoms with Crippen LogP contribution < -0.4 is 14.8 Å². The second-order valence-electron chi connectivity index (χ2n) is 5.82. The van der Waals surface area contributed by atoms with E-state index in [4.69, 9.17) is 9.47 Å². The van der Waals surface area contributed by atoms with Crippen molar-refractivity contribution in [1.82, 2.24) is 5.32 Å². The lowest BCUT2D eigenvalue weighted by molar-refractivity contribution is -0.385. The van der Waals surface area contributed by atoms with E-state index >= 15 is 0 Å². The Balaban J connectivity index is 1.86. The molecule has 28 heavy (non-hydrogen) atoms. The molecule has 1 N–H and O–H groups in total. The molecule has 2 aromatic carbocycles. The van der Waals surface area contributed by atoms with E-state index < -0.39 is 4.92 Å². The first-order valence-electron chi connectivity index (χ1n) is 8.18. The molecule has 0 saturated carbocycles. The number of nitro groups is 1. The summed E-state index contributed by atoms with van der Waals surface area (Å²) in [4.78, 5) is 27.6. The second-order valence-corrected chi connectivity index (χ2v) is 6.85. The minimum Gasteiger partial charge on any atom is -0.496 e. The van der Waals surface area contributed by atoms with Gasteiger partial charge in [-0.2, -0.15) is 0 Å². The number of carbonyl (C=O) groups excluding carboxylic acids is 1. The van der Waals surface area contributed by atoms with E-state index in [2.05, 4.69) is 10.3 Å². The molecule has 0 aliphatic carbocycles. The molecular formula is C19H17N3O5S. The lowest BCUT2D eigenvalue weighted by Crippen LogP contribution is -2.19. The zero-order chi connectivity index (χ0) is 20.3. The minimum atomic E-state index is -0.543. The molecule has 1 saturated heterocycles. The summed E-state index contributed by atoms with van der Waals surface area (Å²) in [5, 5.41) is 14.1. The largest absolute Gasteiger partial charge is 0.496 e. The van der Waals surface area contributed by atoms with Crippen molar-refractivity contribution in [2.24, 2.45) is 4.99 Å². The first-order valence-corrected chi connectivity index (χ1v) is 8.99. The zero-order valence-electron chi connectivity index (χ0n) is 15.4. The molecule has 3 rings (SSSR count). The number of thioether (sulfide) groups is 1. The summed E-state index contributed by atoms with van der Waals surface area (Å²) in [5.41, 5.74) is 1.97. The highest BCUT2D eigenvalue weighted by Crippen LogP contribution is 2.33. The fourth-order valence-corrected chi connectivity index (χ4v) is 3.41. The molecule has 0 bridgehead atoms. The summed E-state index contributed by atoms with van der Waals surface area (Å²) >= 11 is 1.16. The number of amides is 1. The molecule has 0 radical (unpaired) electrons. The highest BCUT2D eigenvalue weighted by atomic mass is 32.2. The molecule has 1 fully saturated rings. The van der Waals surface area contributed by atoms with E-state index in [9.17, 15) is 14.9 Å². The van der Waals surface area contributed by atoms with Crippen LogP contribution in [-0.4, -0.2) is 30.2 Å². The molecule has 144 valence electrons. The molecule has 1 aliphatic rings. The molecule has 1 aliphatic heterocycles. The average Bonchev–Trinajstić information content (AvgIpc) is 3.01. The monoisotopic (exact) mass is 399 g/mol. The van der Waals surface area contributed by atoms with Crippen molar-refractivity contribution < 1.29 is 19.2 Å². The molecule has 0 unspecified atom stereocenters. The molecule has 0 atom stereocenters. The molecule has 8 nitrogen and oxygen atoms in total. The molecule has 1 amide bonds. The van der Waals surface area contributed by atoms with Gasteiger partial charge >= 0.3 is 5.69 Å². The van der Waals surface area contributed by atoms with Gasteiger partial charge in [0.05, 0.1) is 29.7 Å². The predicted molar refractivity (Wildman–Crippen MR) is 108 cm³/mol. The Morgan fingerprint density at radius 3 is 2.57 bits per heavy atom. The molecule has 0 spiro atoms. The zero-order valence-corrected chi connectivity index (χ0v) is 16.2. The van der Waals surface area contributed by atoms with E-state index in [-0.39, 0.29) is 17.3 Å². The van der Waals surface area contributed by atoms with E-state index in [0.717, 1.165) is 28.6 Å². The van der Waals surface area contributed by atoms with Crippen LogP contribution in [0.3, 0.4) is 0 Å². The maximum absolute atomic E-state index is 12.2. The van der Waals surface area contributed by atoms with Gasteiger partial charge in [-0.25, -0.2) is 4.99 Å². The Bertz CT molecular complexity index is 1020. The third kappa shape index (κ3) is 4.15. The third-order valence-corrected chi connectivity index (χ3v) is 4.88. The fourth-order valence-electron chi connectivity index (χ4n) is 2.57. The van der Waals surface area contributed by atoms with Crippen LogP contribution in [-0.2, 0) is 4.79 Å². The first kappa shape index (κ1) is 19.4. The minimum absolute atomic E-state index is 0.144. The number of aliphatic imine (C=N–C) groups is 1. The van der Waals surface area contributed by atoms with Gasteiger partial charge in [0, 0.05) is 6.07 Å².